The second kappa shape index (κ2) is 6.84. The first kappa shape index (κ1) is 19.7. The monoisotopic (exact) mass is 424 g/mol. The predicted molar refractivity (Wildman–Crippen MR) is 105 cm³/mol. The van der Waals surface area contributed by atoms with Crippen LogP contribution in [0.2, 0.25) is 10.0 Å². The first-order valence-corrected chi connectivity index (χ1v) is 8.64. The van der Waals surface area contributed by atoms with Crippen molar-refractivity contribution in [1.82, 2.24) is 0 Å². The van der Waals surface area contributed by atoms with Crippen LogP contribution in [0.3, 0.4) is 0 Å². The smallest absolute Gasteiger partial charge is 0.412 e. The number of carbonyl (C=O) groups is 2. The Morgan fingerprint density at radius 1 is 1.25 bits per heavy atom. The number of fused-ring (bicyclic) bond motifs is 1. The molecule has 2 aromatic rings. The molecule has 2 aromatic carbocycles. The minimum absolute atomic E-state index is 0.0695. The van der Waals surface area contributed by atoms with Crippen LogP contribution in [-0.2, 0) is 10.3 Å². The highest BCUT2D eigenvalue weighted by atomic mass is 35.5. The molecule has 11 heteroatoms. The van der Waals surface area contributed by atoms with Crippen molar-refractivity contribution in [3.63, 3.8) is 0 Å². The number of nitrogens with two attached hydrogens (primary N) is 1. The number of halogens is 2. The molecule has 2 amide bonds. The predicted octanol–water partition coefficient (Wildman–Crippen LogP) is 4.53. The molecule has 0 fully saturated rings. The van der Waals surface area contributed by atoms with Crippen molar-refractivity contribution in [2.75, 3.05) is 16.4 Å². The summed E-state index contributed by atoms with van der Waals surface area (Å²) in [4.78, 5) is 35.0. The third kappa shape index (κ3) is 3.54. The van der Waals surface area contributed by atoms with Gasteiger partial charge in [-0.15, -0.1) is 0 Å². The Morgan fingerprint density at radius 3 is 2.43 bits per heavy atom. The molecule has 0 saturated heterocycles. The maximum atomic E-state index is 12.6. The Labute approximate surface area is 168 Å². The van der Waals surface area contributed by atoms with Gasteiger partial charge in [0.25, 0.3) is 11.6 Å². The zero-order valence-corrected chi connectivity index (χ0v) is 16.1. The summed E-state index contributed by atoms with van der Waals surface area (Å²) in [6.45, 7) is 3.25. The number of nitrogens with zero attached hydrogens (tertiary/aromatic N) is 1. The van der Waals surface area contributed by atoms with Gasteiger partial charge in [-0.05, 0) is 32.0 Å². The first-order valence-electron chi connectivity index (χ1n) is 7.88. The van der Waals surface area contributed by atoms with E-state index < -0.39 is 28.2 Å². The molecule has 0 spiro atoms. The van der Waals surface area contributed by atoms with Gasteiger partial charge in [-0.25, -0.2) is 4.79 Å². The number of hydrogen-bond donors (Lipinski definition) is 3. The topological polar surface area (TPSA) is 137 Å². The Hall–Kier alpha value is -3.04. The highest BCUT2D eigenvalue weighted by molar-refractivity contribution is 6.39. The zero-order chi connectivity index (χ0) is 20.8. The van der Waals surface area contributed by atoms with E-state index in [-0.39, 0.29) is 32.7 Å². The van der Waals surface area contributed by atoms with Crippen LogP contribution < -0.4 is 16.4 Å². The molecule has 9 nitrogen and oxygen atoms in total. The molecule has 1 aliphatic heterocycles. The van der Waals surface area contributed by atoms with E-state index in [0.717, 1.165) is 6.07 Å². The molecule has 28 heavy (non-hydrogen) atoms. The number of hydrogen-bond acceptors (Lipinski definition) is 6. The summed E-state index contributed by atoms with van der Waals surface area (Å²) >= 11 is 11.9. The van der Waals surface area contributed by atoms with Crippen molar-refractivity contribution in [1.29, 1.82) is 0 Å². The SMILES string of the molecule is CC1(C)OC(=O)Nc2cc([N+](=O)[O-])c(NC(=O)c3cc(Cl)c(N)c(Cl)c3)cc21. The second-order valence-electron chi connectivity index (χ2n) is 6.50. The molecule has 0 bridgehead atoms. The number of amides is 2. The maximum absolute atomic E-state index is 12.6. The van der Waals surface area contributed by atoms with Crippen LogP contribution >= 0.6 is 23.2 Å². The van der Waals surface area contributed by atoms with Crippen LogP contribution in [0.5, 0.6) is 0 Å². The Bertz CT molecular complexity index is 1020. The molecule has 1 heterocycles. The van der Waals surface area contributed by atoms with Gasteiger partial charge < -0.3 is 15.8 Å². The van der Waals surface area contributed by atoms with Crippen molar-refractivity contribution >= 4 is 58.0 Å². The minimum Gasteiger partial charge on any atom is -0.438 e. The molecule has 4 N–H and O–H groups in total. The van der Waals surface area contributed by atoms with Crippen LogP contribution in [0.4, 0.5) is 27.5 Å². The number of benzene rings is 2. The van der Waals surface area contributed by atoms with Gasteiger partial charge in [0, 0.05) is 17.2 Å². The quantitative estimate of drug-likeness (QED) is 0.375. The van der Waals surface area contributed by atoms with E-state index in [0.29, 0.717) is 5.56 Å². The Balaban J connectivity index is 2.05. The second-order valence-corrected chi connectivity index (χ2v) is 7.32. The standard InChI is InChI=1S/C17H14Cl2N4O5/c1-17(2)8-5-12(13(23(26)27)6-11(8)22-16(25)28-17)21-15(24)7-3-9(18)14(20)10(19)4-7/h3-6H,20H2,1-2H3,(H,21,24)(H,22,25). The summed E-state index contributed by atoms with van der Waals surface area (Å²) in [7, 11) is 0. The van der Waals surface area contributed by atoms with Crippen LogP contribution in [-0.4, -0.2) is 16.9 Å². The summed E-state index contributed by atoms with van der Waals surface area (Å²) in [5.41, 5.74) is 4.99. The summed E-state index contributed by atoms with van der Waals surface area (Å²) in [6.07, 6.45) is -0.727. The number of anilines is 3. The fraction of sp³-hybridized carbons (Fsp3) is 0.176. The molecule has 0 atom stereocenters. The van der Waals surface area contributed by atoms with Gasteiger partial charge in [-0.1, -0.05) is 23.2 Å². The van der Waals surface area contributed by atoms with Crippen molar-refractivity contribution in [2.45, 2.75) is 19.4 Å². The third-order valence-corrected chi connectivity index (χ3v) is 4.78. The number of rotatable bonds is 3. The Kier molecular flexibility index (Phi) is 4.82. The van der Waals surface area contributed by atoms with Gasteiger partial charge in [-0.3, -0.25) is 20.2 Å². The van der Waals surface area contributed by atoms with Crippen molar-refractivity contribution in [2.24, 2.45) is 0 Å². The summed E-state index contributed by atoms with van der Waals surface area (Å²) in [6, 6.07) is 5.15. The lowest BCUT2D eigenvalue weighted by Crippen LogP contribution is -2.35. The van der Waals surface area contributed by atoms with Crippen molar-refractivity contribution < 1.29 is 19.2 Å². The number of carbonyl (C=O) groups excluding carboxylic acids is 2. The molecule has 146 valence electrons. The van der Waals surface area contributed by atoms with E-state index in [9.17, 15) is 19.7 Å². The van der Waals surface area contributed by atoms with Gasteiger partial charge in [0.2, 0.25) is 0 Å². The number of nitro groups is 1. The maximum Gasteiger partial charge on any atom is 0.412 e. The number of nitrogen functional groups attached to an aromatic ring is 1. The van der Waals surface area contributed by atoms with Gasteiger partial charge in [-0.2, -0.15) is 0 Å². The zero-order valence-electron chi connectivity index (χ0n) is 14.6. The number of nitro benzene ring substituents is 1. The summed E-state index contributed by atoms with van der Waals surface area (Å²) < 4.78 is 5.21. The number of nitrogens with one attached hydrogen (secondary N) is 2. The average molecular weight is 425 g/mol. The van der Waals surface area contributed by atoms with Crippen LogP contribution in [0.25, 0.3) is 0 Å². The lowest BCUT2D eigenvalue weighted by molar-refractivity contribution is -0.383. The van der Waals surface area contributed by atoms with E-state index in [1.807, 2.05) is 0 Å². The number of cyclic esters (lactones) is 1. The molecule has 0 saturated carbocycles. The van der Waals surface area contributed by atoms with E-state index in [2.05, 4.69) is 10.6 Å². The molecular formula is C17H14Cl2N4O5. The highest BCUT2D eigenvalue weighted by Gasteiger charge is 2.36. The first-order chi connectivity index (χ1) is 13.0. The van der Waals surface area contributed by atoms with Crippen molar-refractivity contribution in [3.8, 4) is 0 Å². The van der Waals surface area contributed by atoms with E-state index in [1.165, 1.54) is 18.2 Å². The lowest BCUT2D eigenvalue weighted by Gasteiger charge is -2.32. The average Bonchev–Trinajstić information content (AvgIpc) is 2.58. The van der Waals surface area contributed by atoms with Gasteiger partial charge in [0.1, 0.15) is 11.3 Å². The molecule has 0 aromatic heterocycles. The fourth-order valence-corrected chi connectivity index (χ4v) is 3.26. The molecule has 1 aliphatic rings. The van der Waals surface area contributed by atoms with Crippen molar-refractivity contribution in [3.05, 3.63) is 55.6 Å². The van der Waals surface area contributed by atoms with Crippen LogP contribution in [0.1, 0.15) is 29.8 Å². The van der Waals surface area contributed by atoms with E-state index >= 15 is 0 Å². The molecule has 0 unspecified atom stereocenters. The van der Waals surface area contributed by atoms with E-state index in [4.69, 9.17) is 33.7 Å². The highest BCUT2D eigenvalue weighted by Crippen LogP contribution is 2.41. The minimum atomic E-state index is -1.06. The van der Waals surface area contributed by atoms with Gasteiger partial charge in [0.15, 0.2) is 0 Å². The summed E-state index contributed by atoms with van der Waals surface area (Å²) in [5.74, 6) is -0.676. The van der Waals surface area contributed by atoms with Gasteiger partial charge in [0.05, 0.1) is 26.3 Å². The normalized spacial score (nSPS) is 14.5. The van der Waals surface area contributed by atoms with Gasteiger partial charge >= 0.3 is 6.09 Å². The van der Waals surface area contributed by atoms with Crippen LogP contribution in [0.15, 0.2) is 24.3 Å². The van der Waals surface area contributed by atoms with E-state index in [1.54, 1.807) is 13.8 Å². The summed E-state index contributed by atoms with van der Waals surface area (Å²) in [5, 5.41) is 16.5. The van der Waals surface area contributed by atoms with Crippen LogP contribution in [0, 0.1) is 10.1 Å². The number of ether oxygens (including phenoxy) is 1. The molecular weight excluding hydrogens is 411 g/mol. The lowest BCUT2D eigenvalue weighted by atomic mass is 9.93. The third-order valence-electron chi connectivity index (χ3n) is 4.16. The Morgan fingerprint density at radius 2 is 1.86 bits per heavy atom. The molecule has 0 aliphatic carbocycles. The fourth-order valence-electron chi connectivity index (χ4n) is 2.77. The molecule has 3 rings (SSSR count). The molecule has 0 radical (unpaired) electrons. The largest absolute Gasteiger partial charge is 0.438 e.